The van der Waals surface area contributed by atoms with E-state index in [9.17, 15) is 4.79 Å². The molecule has 5 nitrogen and oxygen atoms in total. The molecular formula is C11H10BrN3O2. The molecule has 0 unspecified atom stereocenters. The van der Waals surface area contributed by atoms with Gasteiger partial charge in [0.15, 0.2) is 5.65 Å². The van der Waals surface area contributed by atoms with Gasteiger partial charge in [0.1, 0.15) is 11.2 Å². The number of rotatable bonds is 2. The second-order valence-electron chi connectivity index (χ2n) is 4.18. The summed E-state index contributed by atoms with van der Waals surface area (Å²) in [5, 5.41) is 0. The molecule has 2 heterocycles. The Bertz CT molecular complexity index is 604. The van der Waals surface area contributed by atoms with E-state index in [-0.39, 0.29) is 5.97 Å². The Hall–Kier alpha value is -1.43. The van der Waals surface area contributed by atoms with Crippen molar-refractivity contribution >= 4 is 33.1 Å². The minimum absolute atomic E-state index is 0.226. The molecular weight excluding hydrogens is 286 g/mol. The lowest BCUT2D eigenvalue weighted by atomic mass is 10.1. The Kier molecular flexibility index (Phi) is 2.22. The summed E-state index contributed by atoms with van der Waals surface area (Å²) in [5.74, 6) is 0.431. The predicted octanol–water partition coefficient (Wildman–Crippen LogP) is 1.93. The van der Waals surface area contributed by atoms with E-state index in [4.69, 9.17) is 4.74 Å². The number of ether oxygens (including phenoxy) is 1. The normalized spacial score (nSPS) is 17.1. The lowest BCUT2D eigenvalue weighted by Gasteiger charge is -2.08. The fraction of sp³-hybridized carbons (Fsp3) is 0.364. The van der Waals surface area contributed by atoms with Crippen LogP contribution in [0.25, 0.3) is 11.2 Å². The zero-order valence-corrected chi connectivity index (χ0v) is 10.7. The Labute approximate surface area is 106 Å². The molecule has 1 saturated carbocycles. The predicted molar refractivity (Wildman–Crippen MR) is 64.5 cm³/mol. The van der Waals surface area contributed by atoms with E-state index in [1.807, 2.05) is 6.07 Å². The number of methoxy groups -OCH3 is 1. The zero-order valence-electron chi connectivity index (χ0n) is 9.16. The molecule has 0 amide bonds. The number of imidazole rings is 1. The van der Waals surface area contributed by atoms with Crippen molar-refractivity contribution < 1.29 is 9.53 Å². The van der Waals surface area contributed by atoms with Crippen LogP contribution in [0, 0.1) is 0 Å². The number of aromatic amines is 1. The number of hydrogen-bond acceptors (Lipinski definition) is 4. The number of pyridine rings is 1. The highest BCUT2D eigenvalue weighted by Gasteiger charge is 2.55. The van der Waals surface area contributed by atoms with Gasteiger partial charge in [0, 0.05) is 10.7 Å². The number of hydrogen-bond donors (Lipinski definition) is 1. The van der Waals surface area contributed by atoms with E-state index >= 15 is 0 Å². The molecule has 3 rings (SSSR count). The van der Waals surface area contributed by atoms with Crippen LogP contribution in [-0.2, 0) is 14.9 Å². The topological polar surface area (TPSA) is 67.9 Å². The summed E-state index contributed by atoms with van der Waals surface area (Å²) in [6.07, 6.45) is 3.24. The third-order valence-electron chi connectivity index (χ3n) is 3.08. The van der Waals surface area contributed by atoms with Gasteiger partial charge in [-0.2, -0.15) is 0 Å². The molecule has 0 aliphatic heterocycles. The summed E-state index contributed by atoms with van der Waals surface area (Å²) in [6.45, 7) is 0. The maximum absolute atomic E-state index is 11.7. The molecule has 0 spiro atoms. The molecule has 2 aromatic rings. The van der Waals surface area contributed by atoms with Gasteiger partial charge in [-0.1, -0.05) is 0 Å². The number of nitrogens with one attached hydrogen (secondary N) is 1. The van der Waals surface area contributed by atoms with Crippen molar-refractivity contribution in [2.45, 2.75) is 18.3 Å². The van der Waals surface area contributed by atoms with E-state index in [2.05, 4.69) is 30.9 Å². The van der Waals surface area contributed by atoms with Crippen LogP contribution in [0.15, 0.2) is 16.7 Å². The van der Waals surface area contributed by atoms with Crippen LogP contribution in [-0.4, -0.2) is 28.0 Å². The average Bonchev–Trinajstić information content (AvgIpc) is 3.03. The van der Waals surface area contributed by atoms with E-state index in [1.54, 1.807) is 6.20 Å². The van der Waals surface area contributed by atoms with Crippen LogP contribution < -0.4 is 0 Å². The molecule has 17 heavy (non-hydrogen) atoms. The summed E-state index contributed by atoms with van der Waals surface area (Å²) in [5.41, 5.74) is 0.880. The number of carbonyl (C=O) groups excluding carboxylic acids is 1. The van der Waals surface area contributed by atoms with Gasteiger partial charge in [0.2, 0.25) is 0 Å². The number of fused-ring (bicyclic) bond motifs is 1. The molecule has 0 saturated heterocycles. The molecule has 1 aliphatic carbocycles. The first kappa shape index (κ1) is 10.7. The second kappa shape index (κ2) is 3.53. The van der Waals surface area contributed by atoms with Crippen molar-refractivity contribution in [3.63, 3.8) is 0 Å². The molecule has 0 bridgehead atoms. The summed E-state index contributed by atoms with van der Waals surface area (Å²) in [7, 11) is 1.40. The van der Waals surface area contributed by atoms with Crippen LogP contribution in [0.5, 0.6) is 0 Å². The molecule has 2 aromatic heterocycles. The van der Waals surface area contributed by atoms with Crippen molar-refractivity contribution in [3.05, 3.63) is 22.6 Å². The van der Waals surface area contributed by atoms with Gasteiger partial charge in [0.05, 0.1) is 12.6 Å². The summed E-state index contributed by atoms with van der Waals surface area (Å²) in [6, 6.07) is 1.90. The van der Waals surface area contributed by atoms with Crippen molar-refractivity contribution in [2.24, 2.45) is 0 Å². The Morgan fingerprint density at radius 1 is 1.59 bits per heavy atom. The summed E-state index contributed by atoms with van der Waals surface area (Å²) >= 11 is 3.35. The third kappa shape index (κ3) is 1.55. The number of halogens is 1. The fourth-order valence-corrected chi connectivity index (χ4v) is 2.29. The minimum Gasteiger partial charge on any atom is -0.468 e. The van der Waals surface area contributed by atoms with E-state index in [0.717, 1.165) is 22.8 Å². The van der Waals surface area contributed by atoms with Crippen molar-refractivity contribution in [3.8, 4) is 0 Å². The Morgan fingerprint density at radius 3 is 3.00 bits per heavy atom. The van der Waals surface area contributed by atoms with Crippen LogP contribution in [0.2, 0.25) is 0 Å². The SMILES string of the molecule is COC(=O)C1(c2nc3ncc(Br)cc3[nH]2)CC1. The monoisotopic (exact) mass is 295 g/mol. The average molecular weight is 296 g/mol. The Morgan fingerprint density at radius 2 is 2.35 bits per heavy atom. The van der Waals surface area contributed by atoms with Crippen molar-refractivity contribution in [1.29, 1.82) is 0 Å². The van der Waals surface area contributed by atoms with Crippen LogP contribution in [0.4, 0.5) is 0 Å². The van der Waals surface area contributed by atoms with E-state index in [1.165, 1.54) is 7.11 Å². The van der Waals surface area contributed by atoms with Gasteiger partial charge in [-0.3, -0.25) is 4.79 Å². The van der Waals surface area contributed by atoms with Gasteiger partial charge in [-0.05, 0) is 34.8 Å². The first-order chi connectivity index (χ1) is 8.15. The molecule has 1 N–H and O–H groups in total. The summed E-state index contributed by atoms with van der Waals surface area (Å²) in [4.78, 5) is 23.4. The summed E-state index contributed by atoms with van der Waals surface area (Å²) < 4.78 is 5.70. The van der Waals surface area contributed by atoms with Crippen molar-refractivity contribution in [1.82, 2.24) is 15.0 Å². The van der Waals surface area contributed by atoms with Gasteiger partial charge in [0.25, 0.3) is 0 Å². The molecule has 0 aromatic carbocycles. The zero-order chi connectivity index (χ0) is 12.0. The smallest absolute Gasteiger partial charge is 0.319 e. The standard InChI is InChI=1S/C11H10BrN3O2/c1-17-10(16)11(2-3-11)9-14-7-4-6(12)5-13-8(7)15-9/h4-5H,2-3H2,1H3,(H,13,14,15). The van der Waals surface area contributed by atoms with Gasteiger partial charge in [-0.15, -0.1) is 0 Å². The fourth-order valence-electron chi connectivity index (χ4n) is 1.96. The van der Waals surface area contributed by atoms with Crippen molar-refractivity contribution in [2.75, 3.05) is 7.11 Å². The van der Waals surface area contributed by atoms with Crippen LogP contribution in [0.3, 0.4) is 0 Å². The maximum atomic E-state index is 11.7. The highest BCUT2D eigenvalue weighted by Crippen LogP contribution is 2.48. The third-order valence-corrected chi connectivity index (χ3v) is 3.52. The lowest BCUT2D eigenvalue weighted by Crippen LogP contribution is -2.23. The molecule has 6 heteroatoms. The maximum Gasteiger partial charge on any atom is 0.319 e. The largest absolute Gasteiger partial charge is 0.468 e. The number of esters is 1. The molecule has 1 fully saturated rings. The molecule has 0 radical (unpaired) electrons. The van der Waals surface area contributed by atoms with Crippen LogP contribution >= 0.6 is 15.9 Å². The van der Waals surface area contributed by atoms with Crippen LogP contribution in [0.1, 0.15) is 18.7 Å². The van der Waals surface area contributed by atoms with E-state index < -0.39 is 5.41 Å². The number of aromatic nitrogens is 3. The van der Waals surface area contributed by atoms with E-state index in [0.29, 0.717) is 11.5 Å². The molecule has 0 atom stereocenters. The minimum atomic E-state index is -0.568. The first-order valence-corrected chi connectivity index (χ1v) is 6.05. The molecule has 1 aliphatic rings. The van der Waals surface area contributed by atoms with Gasteiger partial charge >= 0.3 is 5.97 Å². The number of H-pyrrole nitrogens is 1. The van der Waals surface area contributed by atoms with Gasteiger partial charge < -0.3 is 9.72 Å². The number of carbonyl (C=O) groups is 1. The lowest BCUT2D eigenvalue weighted by molar-refractivity contribution is -0.143. The highest BCUT2D eigenvalue weighted by atomic mass is 79.9. The quantitative estimate of drug-likeness (QED) is 0.860. The molecule has 88 valence electrons. The highest BCUT2D eigenvalue weighted by molar-refractivity contribution is 9.10. The first-order valence-electron chi connectivity index (χ1n) is 5.26. The van der Waals surface area contributed by atoms with Gasteiger partial charge in [-0.25, -0.2) is 9.97 Å². The second-order valence-corrected chi connectivity index (χ2v) is 5.10. The Balaban J connectivity index is 2.10. The number of nitrogens with zero attached hydrogens (tertiary/aromatic N) is 2.